The fourth-order valence-corrected chi connectivity index (χ4v) is 0.368. The predicted molar refractivity (Wildman–Crippen MR) is 34.0 cm³/mol. The van der Waals surface area contributed by atoms with Gasteiger partial charge in [-0.3, -0.25) is 0 Å². The maximum Gasteiger partial charge on any atom is 0.106 e. The summed E-state index contributed by atoms with van der Waals surface area (Å²) in [5.74, 6) is 0.706. The fraction of sp³-hybridized carbons (Fsp3) is 0.571. The van der Waals surface area contributed by atoms with E-state index >= 15 is 0 Å². The highest BCUT2D eigenvalue weighted by Gasteiger charge is 1.98. The molecule has 0 aliphatic rings. The zero-order valence-electron chi connectivity index (χ0n) is 5.15. The molecule has 7 heavy (non-hydrogen) atoms. The first-order chi connectivity index (χ1) is 3.27. The Morgan fingerprint density at radius 1 is 1.71 bits per heavy atom. The molecule has 0 heteroatoms. The Balaban J connectivity index is 2.81. The Labute approximate surface area is 46.2 Å². The topological polar surface area (TPSA) is 0 Å². The van der Waals surface area contributed by atoms with Crippen molar-refractivity contribution >= 4 is 0 Å². The molecule has 0 aliphatic heterocycles. The van der Waals surface area contributed by atoms with Crippen LogP contribution in [0.4, 0.5) is 0 Å². The molecule has 0 rings (SSSR count). The predicted octanol–water partition coefficient (Wildman–Crippen LogP) is 2.42. The van der Waals surface area contributed by atoms with E-state index in [4.69, 9.17) is 0 Å². The Bertz CT molecular complexity index is 44.0. The third-order valence-corrected chi connectivity index (χ3v) is 0.774. The van der Waals surface area contributed by atoms with Crippen molar-refractivity contribution in [2.24, 2.45) is 5.92 Å². The van der Waals surface area contributed by atoms with Gasteiger partial charge >= 0.3 is 0 Å². The highest BCUT2D eigenvalue weighted by Crippen LogP contribution is 2.00. The van der Waals surface area contributed by atoms with E-state index in [1.54, 1.807) is 0 Å². The van der Waals surface area contributed by atoms with Crippen LogP contribution in [0.3, 0.4) is 0 Å². The van der Waals surface area contributed by atoms with E-state index in [1.165, 1.54) is 0 Å². The number of rotatable bonds is 3. The van der Waals surface area contributed by atoms with Crippen molar-refractivity contribution in [2.45, 2.75) is 20.3 Å². The Kier molecular flexibility index (Phi) is 3.58. The van der Waals surface area contributed by atoms with E-state index in [1.807, 2.05) is 6.08 Å². The molecule has 0 saturated carbocycles. The van der Waals surface area contributed by atoms with Gasteiger partial charge in [-0.2, -0.15) is 0 Å². The lowest BCUT2D eigenvalue weighted by molar-refractivity contribution is 0.739. The smallest absolute Gasteiger partial charge is 0.0989 e. The van der Waals surface area contributed by atoms with Crippen LogP contribution in [0.5, 0.6) is 0 Å². The third kappa shape index (κ3) is 5.61. The van der Waals surface area contributed by atoms with Gasteiger partial charge in [0.1, 0.15) is 6.42 Å². The number of hydrogen-bond donors (Lipinski definition) is 0. The molecule has 0 aromatic carbocycles. The molecular weight excluding hydrogens is 84.1 g/mol. The first-order valence-electron chi connectivity index (χ1n) is 2.71. The largest absolute Gasteiger partial charge is 0.106 e. The van der Waals surface area contributed by atoms with E-state index in [2.05, 4.69) is 26.8 Å². The van der Waals surface area contributed by atoms with Gasteiger partial charge < -0.3 is 0 Å². The lowest BCUT2D eigenvalue weighted by Gasteiger charge is -1.85. The summed E-state index contributed by atoms with van der Waals surface area (Å²) in [6.07, 6.45) is 5.19. The van der Waals surface area contributed by atoms with Crippen molar-refractivity contribution in [3.63, 3.8) is 0 Å². The van der Waals surface area contributed by atoms with Crippen molar-refractivity contribution in [1.82, 2.24) is 0 Å². The van der Waals surface area contributed by atoms with Gasteiger partial charge in [-0.05, 0) is 19.9 Å². The first kappa shape index (κ1) is 6.61. The molecule has 0 fully saturated rings. The van der Waals surface area contributed by atoms with Crippen LogP contribution in [0.15, 0.2) is 12.7 Å². The molecule has 0 atom stereocenters. The summed E-state index contributed by atoms with van der Waals surface area (Å²) in [4.78, 5) is 0. The van der Waals surface area contributed by atoms with Crippen LogP contribution in [0.25, 0.3) is 0 Å². The molecule has 0 N–H and O–H groups in total. The van der Waals surface area contributed by atoms with Crippen molar-refractivity contribution in [3.8, 4) is 0 Å². The highest BCUT2D eigenvalue weighted by molar-refractivity contribution is 4.79. The van der Waals surface area contributed by atoms with Crippen molar-refractivity contribution in [2.75, 3.05) is 0 Å². The average molecular weight is 97.2 g/mol. The van der Waals surface area contributed by atoms with Gasteiger partial charge in [0.25, 0.3) is 0 Å². The monoisotopic (exact) mass is 97.1 g/mol. The fourth-order valence-electron chi connectivity index (χ4n) is 0.368. The molecule has 40 valence electrons. The molecule has 0 bridgehead atoms. The van der Waals surface area contributed by atoms with E-state index in [9.17, 15) is 0 Å². The summed E-state index contributed by atoms with van der Waals surface area (Å²) in [6.45, 7) is 7.94. The van der Waals surface area contributed by atoms with Gasteiger partial charge in [0.05, 0.1) is 12.3 Å². The normalized spacial score (nSPS) is 9.00. The van der Waals surface area contributed by atoms with Gasteiger partial charge in [0, 0.05) is 0 Å². The molecule has 0 radical (unpaired) electrons. The molecule has 0 saturated heterocycles. The summed E-state index contributed by atoms with van der Waals surface area (Å²) < 4.78 is 0. The summed E-state index contributed by atoms with van der Waals surface area (Å²) in [7, 11) is 0. The standard InChI is InChI=1S/C7H13/c1-4-5-6-7(2)3/h4,6-7H,1,5H2,2-3H3/q+1. The minimum absolute atomic E-state index is 0.706. The molecular formula is C7H13+. The van der Waals surface area contributed by atoms with Crippen molar-refractivity contribution in [1.29, 1.82) is 0 Å². The minimum atomic E-state index is 0.706. The molecule has 0 aliphatic carbocycles. The Hall–Kier alpha value is -0.390. The summed E-state index contributed by atoms with van der Waals surface area (Å²) in [6, 6.07) is 0. The van der Waals surface area contributed by atoms with Crippen molar-refractivity contribution in [3.05, 3.63) is 19.1 Å². The molecule has 0 spiro atoms. The van der Waals surface area contributed by atoms with Crippen LogP contribution < -0.4 is 0 Å². The third-order valence-electron chi connectivity index (χ3n) is 0.774. The van der Waals surface area contributed by atoms with E-state index in [-0.39, 0.29) is 0 Å². The zero-order chi connectivity index (χ0) is 5.70. The summed E-state index contributed by atoms with van der Waals surface area (Å²) >= 11 is 0. The van der Waals surface area contributed by atoms with Gasteiger partial charge in [-0.15, -0.1) is 0 Å². The lowest BCUT2D eigenvalue weighted by Crippen LogP contribution is -1.84. The molecule has 0 aromatic rings. The maximum absolute atomic E-state index is 3.60. The van der Waals surface area contributed by atoms with Gasteiger partial charge in [-0.1, -0.05) is 6.58 Å². The van der Waals surface area contributed by atoms with Gasteiger partial charge in [0.15, 0.2) is 0 Å². The summed E-state index contributed by atoms with van der Waals surface area (Å²) in [5.41, 5.74) is 0. The van der Waals surface area contributed by atoms with E-state index in [0.29, 0.717) is 5.92 Å². The summed E-state index contributed by atoms with van der Waals surface area (Å²) in [5, 5.41) is 0. The van der Waals surface area contributed by atoms with E-state index in [0.717, 1.165) is 6.42 Å². The van der Waals surface area contributed by atoms with Crippen molar-refractivity contribution < 1.29 is 0 Å². The van der Waals surface area contributed by atoms with Crippen LogP contribution in [-0.2, 0) is 0 Å². The minimum Gasteiger partial charge on any atom is -0.0989 e. The second-order valence-electron chi connectivity index (χ2n) is 2.00. The van der Waals surface area contributed by atoms with Gasteiger partial charge in [0.2, 0.25) is 0 Å². The second-order valence-corrected chi connectivity index (χ2v) is 2.00. The van der Waals surface area contributed by atoms with Crippen LogP contribution in [0, 0.1) is 12.3 Å². The van der Waals surface area contributed by atoms with Crippen LogP contribution in [-0.4, -0.2) is 0 Å². The zero-order valence-corrected chi connectivity index (χ0v) is 5.15. The number of allylic oxidation sites excluding steroid dienone is 1. The van der Waals surface area contributed by atoms with Crippen LogP contribution >= 0.6 is 0 Å². The van der Waals surface area contributed by atoms with Gasteiger partial charge in [-0.25, -0.2) is 0 Å². The number of hydrogen-bond acceptors (Lipinski definition) is 0. The molecule has 0 heterocycles. The lowest BCUT2D eigenvalue weighted by atomic mass is 10.1. The van der Waals surface area contributed by atoms with E-state index < -0.39 is 0 Å². The quantitative estimate of drug-likeness (QED) is 0.375. The first-order valence-corrected chi connectivity index (χ1v) is 2.71. The Morgan fingerprint density at radius 3 is 2.43 bits per heavy atom. The SMILES string of the molecule is C=CC[CH+]C(C)C. The van der Waals surface area contributed by atoms with Crippen LogP contribution in [0.1, 0.15) is 20.3 Å². The molecule has 0 unspecified atom stereocenters. The molecule has 0 aromatic heterocycles. The van der Waals surface area contributed by atoms with Crippen LogP contribution in [0.2, 0.25) is 0 Å². The second kappa shape index (κ2) is 3.79. The average Bonchev–Trinajstić information content (AvgIpc) is 1.61. The maximum atomic E-state index is 3.60. The Morgan fingerprint density at radius 2 is 2.29 bits per heavy atom. The molecule has 0 amide bonds. The highest BCUT2D eigenvalue weighted by atomic mass is 13.9. The molecule has 0 nitrogen and oxygen atoms in total.